The molecule has 0 atom stereocenters. The van der Waals surface area contributed by atoms with Crippen LogP contribution >= 0.6 is 0 Å². The Morgan fingerprint density at radius 1 is 0.882 bits per heavy atom. The molecule has 17 heavy (non-hydrogen) atoms. The van der Waals surface area contributed by atoms with Gasteiger partial charge in [-0.2, -0.15) is 26.3 Å². The van der Waals surface area contributed by atoms with Gasteiger partial charge < -0.3 is 0 Å². The van der Waals surface area contributed by atoms with E-state index in [9.17, 15) is 35.5 Å². The Hall–Kier alpha value is -1.60. The van der Waals surface area contributed by atoms with Crippen LogP contribution in [0.2, 0.25) is 0 Å². The molecule has 0 aliphatic carbocycles. The predicted octanol–water partition coefficient (Wildman–Crippen LogP) is 3.68. The average Bonchev–Trinajstić information content (AvgIpc) is 2.13. The molecule has 1 aromatic rings. The molecule has 0 aliphatic heterocycles. The second kappa shape index (κ2) is 4.01. The maximum absolute atomic E-state index is 12.9. The minimum atomic E-state index is -5.26. The van der Waals surface area contributed by atoms with Crippen molar-refractivity contribution in [2.75, 3.05) is 0 Å². The molecule has 8 heteroatoms. The van der Waals surface area contributed by atoms with Crippen LogP contribution in [0, 0.1) is 5.82 Å². The zero-order valence-corrected chi connectivity index (χ0v) is 7.79. The Morgan fingerprint density at radius 3 is 1.71 bits per heavy atom. The summed E-state index contributed by atoms with van der Waals surface area (Å²) in [6.45, 7) is 0. The van der Waals surface area contributed by atoms with E-state index in [1.54, 1.807) is 0 Å². The molecule has 0 aromatic heterocycles. The summed E-state index contributed by atoms with van der Waals surface area (Å²) in [5, 5.41) is 0. The fourth-order valence-corrected chi connectivity index (χ4v) is 1.15. The van der Waals surface area contributed by atoms with Gasteiger partial charge in [0, 0.05) is 5.56 Å². The minimum absolute atomic E-state index is 0.0847. The van der Waals surface area contributed by atoms with Crippen molar-refractivity contribution >= 4 is 6.29 Å². The van der Waals surface area contributed by atoms with Gasteiger partial charge in [-0.1, -0.05) is 0 Å². The Kier molecular flexibility index (Phi) is 3.17. The van der Waals surface area contributed by atoms with Gasteiger partial charge >= 0.3 is 12.4 Å². The van der Waals surface area contributed by atoms with Gasteiger partial charge in [-0.15, -0.1) is 0 Å². The molecule has 1 nitrogen and oxygen atoms in total. The van der Waals surface area contributed by atoms with Crippen LogP contribution in [0.5, 0.6) is 0 Å². The van der Waals surface area contributed by atoms with Crippen molar-refractivity contribution < 1.29 is 35.5 Å². The molecule has 0 amide bonds. The molecule has 1 aromatic carbocycles. The monoisotopic (exact) mass is 260 g/mol. The van der Waals surface area contributed by atoms with E-state index in [1.165, 1.54) is 0 Å². The Bertz CT molecular complexity index is 444. The van der Waals surface area contributed by atoms with Gasteiger partial charge in [0.05, 0.1) is 11.1 Å². The number of hydrogen-bond donors (Lipinski definition) is 0. The van der Waals surface area contributed by atoms with Crippen molar-refractivity contribution in [3.8, 4) is 0 Å². The van der Waals surface area contributed by atoms with Gasteiger partial charge in [0.25, 0.3) is 0 Å². The highest BCUT2D eigenvalue weighted by Gasteiger charge is 2.40. The quantitative estimate of drug-likeness (QED) is 0.556. The molecule has 0 bridgehead atoms. The Morgan fingerprint density at radius 2 is 1.35 bits per heavy atom. The van der Waals surface area contributed by atoms with Gasteiger partial charge in [-0.3, -0.25) is 4.79 Å². The lowest BCUT2D eigenvalue weighted by Gasteiger charge is -2.14. The highest BCUT2D eigenvalue weighted by atomic mass is 19.4. The third kappa shape index (κ3) is 2.75. The number of carbonyl (C=O) groups is 1. The number of benzene rings is 1. The first-order chi connectivity index (χ1) is 7.57. The van der Waals surface area contributed by atoms with E-state index < -0.39 is 40.9 Å². The standard InChI is InChI=1S/C9H3F7O/c10-7-1-4(3-17)5(8(11,12)13)2-6(7)9(14,15)16/h1-3H. The smallest absolute Gasteiger partial charge is 0.298 e. The lowest BCUT2D eigenvalue weighted by atomic mass is 10.0. The second-order valence-corrected chi connectivity index (χ2v) is 3.03. The van der Waals surface area contributed by atoms with Crippen LogP contribution in [-0.2, 0) is 12.4 Å². The molecule has 1 rings (SSSR count). The van der Waals surface area contributed by atoms with E-state index in [0.717, 1.165) is 0 Å². The van der Waals surface area contributed by atoms with Gasteiger partial charge in [0.1, 0.15) is 5.82 Å². The number of carbonyl (C=O) groups excluding carboxylic acids is 1. The summed E-state index contributed by atoms with van der Waals surface area (Å²) in [6, 6.07) is -0.502. The SMILES string of the molecule is O=Cc1cc(F)c(C(F)(F)F)cc1C(F)(F)F. The third-order valence-corrected chi connectivity index (χ3v) is 1.88. The molecule has 0 heterocycles. The summed E-state index contributed by atoms with van der Waals surface area (Å²) in [5.74, 6) is -1.92. The molecule has 94 valence electrons. The van der Waals surface area contributed by atoms with Gasteiger partial charge in [-0.25, -0.2) is 4.39 Å². The van der Waals surface area contributed by atoms with Crippen LogP contribution in [0.25, 0.3) is 0 Å². The Balaban J connectivity index is 3.55. The van der Waals surface area contributed by atoms with Crippen LogP contribution in [0.1, 0.15) is 21.5 Å². The maximum Gasteiger partial charge on any atom is 0.419 e. The first-order valence-electron chi connectivity index (χ1n) is 4.00. The topological polar surface area (TPSA) is 17.1 Å². The van der Waals surface area contributed by atoms with Gasteiger partial charge in [0.2, 0.25) is 0 Å². The van der Waals surface area contributed by atoms with E-state index in [-0.39, 0.29) is 12.4 Å². The van der Waals surface area contributed by atoms with E-state index >= 15 is 0 Å². The van der Waals surface area contributed by atoms with E-state index in [2.05, 4.69) is 0 Å². The van der Waals surface area contributed by atoms with Crippen LogP contribution < -0.4 is 0 Å². The molecule has 0 saturated heterocycles. The first-order valence-corrected chi connectivity index (χ1v) is 4.00. The van der Waals surface area contributed by atoms with Crippen molar-refractivity contribution in [3.05, 3.63) is 34.6 Å². The van der Waals surface area contributed by atoms with Crippen molar-refractivity contribution in [1.29, 1.82) is 0 Å². The zero-order chi connectivity index (χ0) is 13.4. The van der Waals surface area contributed by atoms with Crippen molar-refractivity contribution in [1.82, 2.24) is 0 Å². The molecular weight excluding hydrogens is 257 g/mol. The van der Waals surface area contributed by atoms with Crippen LogP contribution in [0.15, 0.2) is 12.1 Å². The molecule has 0 radical (unpaired) electrons. The maximum atomic E-state index is 12.9. The minimum Gasteiger partial charge on any atom is -0.298 e. The molecule has 0 N–H and O–H groups in total. The third-order valence-electron chi connectivity index (χ3n) is 1.88. The normalized spacial score (nSPS) is 12.6. The first kappa shape index (κ1) is 13.5. The largest absolute Gasteiger partial charge is 0.419 e. The molecule has 0 aliphatic rings. The summed E-state index contributed by atoms with van der Waals surface area (Å²) in [4.78, 5) is 10.2. The summed E-state index contributed by atoms with van der Waals surface area (Å²) in [7, 11) is 0. The number of halogens is 7. The van der Waals surface area contributed by atoms with Gasteiger partial charge in [-0.05, 0) is 12.1 Å². The Labute approximate surface area is 89.8 Å². The molecule has 0 unspecified atom stereocenters. The fourth-order valence-electron chi connectivity index (χ4n) is 1.15. The van der Waals surface area contributed by atoms with Crippen molar-refractivity contribution in [2.45, 2.75) is 12.4 Å². The van der Waals surface area contributed by atoms with Crippen molar-refractivity contribution in [2.24, 2.45) is 0 Å². The number of rotatable bonds is 1. The van der Waals surface area contributed by atoms with Crippen molar-refractivity contribution in [3.63, 3.8) is 0 Å². The predicted molar refractivity (Wildman–Crippen MR) is 41.8 cm³/mol. The van der Waals surface area contributed by atoms with Gasteiger partial charge in [0.15, 0.2) is 6.29 Å². The summed E-state index contributed by atoms with van der Waals surface area (Å²) >= 11 is 0. The van der Waals surface area contributed by atoms with Crippen LogP contribution in [-0.4, -0.2) is 6.29 Å². The number of aldehydes is 1. The summed E-state index contributed by atoms with van der Waals surface area (Å²) in [5.41, 5.74) is -5.06. The highest BCUT2D eigenvalue weighted by molar-refractivity contribution is 5.78. The molecule has 0 spiro atoms. The highest BCUT2D eigenvalue weighted by Crippen LogP contribution is 2.38. The average molecular weight is 260 g/mol. The summed E-state index contributed by atoms with van der Waals surface area (Å²) < 4.78 is 86.2. The lowest BCUT2D eigenvalue weighted by molar-refractivity contribution is -0.144. The molecule has 0 saturated carbocycles. The second-order valence-electron chi connectivity index (χ2n) is 3.03. The number of hydrogen-bond acceptors (Lipinski definition) is 1. The van der Waals surface area contributed by atoms with E-state index in [4.69, 9.17) is 0 Å². The lowest BCUT2D eigenvalue weighted by Crippen LogP contribution is -2.15. The van der Waals surface area contributed by atoms with E-state index in [0.29, 0.717) is 0 Å². The molecule has 0 fully saturated rings. The fraction of sp³-hybridized carbons (Fsp3) is 0.222. The number of alkyl halides is 6. The molecular formula is C9H3F7O. The van der Waals surface area contributed by atoms with E-state index in [1.807, 2.05) is 0 Å². The zero-order valence-electron chi connectivity index (χ0n) is 7.79. The summed E-state index contributed by atoms with van der Waals surface area (Å²) in [6.07, 6.45) is -10.8. The van der Waals surface area contributed by atoms with Crippen LogP contribution in [0.4, 0.5) is 30.7 Å². The van der Waals surface area contributed by atoms with Crippen LogP contribution in [0.3, 0.4) is 0 Å².